The summed E-state index contributed by atoms with van der Waals surface area (Å²) in [6.07, 6.45) is 9.14. The molecule has 1 aliphatic heterocycles. The summed E-state index contributed by atoms with van der Waals surface area (Å²) in [5.41, 5.74) is 3.32. The standard InChI is InChI=1S/C28H34N2O3/c1-19-4-11-24-27(2,23(19)10-9-22-13-15-33-26(22)32)14-12-25(31)28(24,3)18-30-17-21-7-5-20(16-29)6-8-21/h5-10,13,23-25,30-31H,1,4,11-12,14-15,17-18H2,2-3H3/b10-9+/t23-,24+,25-,27+,28+/m1/s1. The molecular weight excluding hydrogens is 412 g/mol. The van der Waals surface area contributed by atoms with Gasteiger partial charge in [0.15, 0.2) is 0 Å². The highest BCUT2D eigenvalue weighted by Crippen LogP contribution is 2.61. The number of ether oxygens (including phenoxy) is 1. The predicted octanol–water partition coefficient (Wildman–Crippen LogP) is 4.44. The molecule has 5 nitrogen and oxygen atoms in total. The summed E-state index contributed by atoms with van der Waals surface area (Å²) in [5.74, 6) is 0.230. The number of rotatable bonds is 6. The first-order valence-electron chi connectivity index (χ1n) is 11.9. The minimum absolute atomic E-state index is 0.0288. The number of hydrogen-bond donors (Lipinski definition) is 2. The summed E-state index contributed by atoms with van der Waals surface area (Å²) in [4.78, 5) is 11.9. The molecule has 5 atom stereocenters. The second kappa shape index (κ2) is 9.29. The van der Waals surface area contributed by atoms with Gasteiger partial charge in [-0.15, -0.1) is 0 Å². The lowest BCUT2D eigenvalue weighted by Gasteiger charge is -2.60. The van der Waals surface area contributed by atoms with Gasteiger partial charge in [0.1, 0.15) is 6.61 Å². The smallest absolute Gasteiger partial charge is 0.338 e. The first-order valence-corrected chi connectivity index (χ1v) is 11.9. The van der Waals surface area contributed by atoms with E-state index in [1.54, 1.807) is 0 Å². The van der Waals surface area contributed by atoms with Gasteiger partial charge in [-0.2, -0.15) is 5.26 Å². The van der Waals surface area contributed by atoms with E-state index in [1.165, 1.54) is 5.57 Å². The van der Waals surface area contributed by atoms with Crippen molar-refractivity contribution >= 4 is 5.97 Å². The van der Waals surface area contributed by atoms with Gasteiger partial charge in [-0.25, -0.2) is 4.79 Å². The van der Waals surface area contributed by atoms with Gasteiger partial charge in [-0.3, -0.25) is 0 Å². The van der Waals surface area contributed by atoms with Gasteiger partial charge in [-0.1, -0.05) is 50.3 Å². The van der Waals surface area contributed by atoms with E-state index in [4.69, 9.17) is 10.00 Å². The fraction of sp³-hybridized carbons (Fsp3) is 0.500. The summed E-state index contributed by atoms with van der Waals surface area (Å²) >= 11 is 0. The molecule has 0 aromatic heterocycles. The molecule has 2 fully saturated rings. The molecule has 0 spiro atoms. The Morgan fingerprint density at radius 1 is 1.30 bits per heavy atom. The van der Waals surface area contributed by atoms with Gasteiger partial charge < -0.3 is 15.2 Å². The molecule has 0 bridgehead atoms. The summed E-state index contributed by atoms with van der Waals surface area (Å²) in [7, 11) is 0. The van der Waals surface area contributed by atoms with Gasteiger partial charge in [-0.05, 0) is 60.8 Å². The van der Waals surface area contributed by atoms with Crippen molar-refractivity contribution in [2.75, 3.05) is 13.2 Å². The molecule has 3 aliphatic rings. The molecule has 1 heterocycles. The molecular formula is C28H34N2O3. The zero-order valence-electron chi connectivity index (χ0n) is 19.6. The number of benzene rings is 1. The molecule has 1 aromatic rings. The summed E-state index contributed by atoms with van der Waals surface area (Å²) < 4.78 is 5.04. The normalized spacial score (nSPS) is 34.0. The van der Waals surface area contributed by atoms with Crippen molar-refractivity contribution in [2.24, 2.45) is 22.7 Å². The largest absolute Gasteiger partial charge is 0.458 e. The summed E-state index contributed by atoms with van der Waals surface area (Å²) in [5, 5.41) is 23.7. The highest BCUT2D eigenvalue weighted by atomic mass is 16.5. The maximum Gasteiger partial charge on any atom is 0.338 e. The minimum Gasteiger partial charge on any atom is -0.458 e. The molecule has 0 saturated heterocycles. The summed E-state index contributed by atoms with van der Waals surface area (Å²) in [6.45, 7) is 10.7. The third-order valence-corrected chi connectivity index (χ3v) is 8.35. The number of carbonyl (C=O) groups excluding carboxylic acids is 1. The molecule has 174 valence electrons. The quantitative estimate of drug-likeness (QED) is 0.499. The van der Waals surface area contributed by atoms with Crippen molar-refractivity contribution in [3.8, 4) is 6.07 Å². The van der Waals surface area contributed by atoms with Crippen molar-refractivity contribution in [3.63, 3.8) is 0 Å². The third kappa shape index (κ3) is 4.43. The van der Waals surface area contributed by atoms with Gasteiger partial charge in [0.25, 0.3) is 0 Å². The number of fused-ring (bicyclic) bond motifs is 1. The fourth-order valence-electron chi connectivity index (χ4n) is 6.40. The van der Waals surface area contributed by atoms with E-state index in [2.05, 4.69) is 37.9 Å². The van der Waals surface area contributed by atoms with Gasteiger partial charge in [0.05, 0.1) is 23.3 Å². The Kier molecular flexibility index (Phi) is 6.61. The van der Waals surface area contributed by atoms with Crippen LogP contribution >= 0.6 is 0 Å². The molecule has 2 N–H and O–H groups in total. The lowest BCUT2D eigenvalue weighted by molar-refractivity contribution is -0.135. The number of aliphatic hydroxyl groups excluding tert-OH is 1. The molecule has 0 radical (unpaired) electrons. The number of esters is 1. The monoisotopic (exact) mass is 446 g/mol. The molecule has 2 saturated carbocycles. The molecule has 2 aliphatic carbocycles. The number of hydrogen-bond acceptors (Lipinski definition) is 5. The Labute approximate surface area is 196 Å². The van der Waals surface area contributed by atoms with Crippen molar-refractivity contribution in [1.29, 1.82) is 5.26 Å². The Morgan fingerprint density at radius 3 is 2.73 bits per heavy atom. The number of nitrogens with zero attached hydrogens (tertiary/aromatic N) is 1. The number of nitriles is 1. The molecule has 0 unspecified atom stereocenters. The first-order chi connectivity index (χ1) is 15.8. The SMILES string of the molecule is C=C1CC[C@@H]2[C@](C)(CNCc3ccc(C#N)cc3)[C@H](O)CC[C@@]2(C)[C@@H]1/C=C/C1=CCOC1=O. The van der Waals surface area contributed by atoms with Crippen molar-refractivity contribution < 1.29 is 14.6 Å². The Morgan fingerprint density at radius 2 is 2.06 bits per heavy atom. The van der Waals surface area contributed by atoms with Crippen LogP contribution in [0.1, 0.15) is 50.7 Å². The molecule has 0 amide bonds. The zero-order valence-corrected chi connectivity index (χ0v) is 19.6. The maximum atomic E-state index is 11.9. The van der Waals surface area contributed by atoms with E-state index in [9.17, 15) is 9.90 Å². The second-order valence-electron chi connectivity index (χ2n) is 10.3. The van der Waals surface area contributed by atoms with E-state index in [0.717, 1.165) is 37.8 Å². The van der Waals surface area contributed by atoms with Crippen LogP contribution in [0.3, 0.4) is 0 Å². The number of nitrogens with one attached hydrogen (secondary N) is 1. The molecule has 5 heteroatoms. The van der Waals surface area contributed by atoms with Crippen LogP contribution < -0.4 is 5.32 Å². The zero-order chi connectivity index (χ0) is 23.6. The first kappa shape index (κ1) is 23.5. The highest BCUT2D eigenvalue weighted by molar-refractivity contribution is 5.93. The topological polar surface area (TPSA) is 82.3 Å². The Hall–Kier alpha value is -2.68. The van der Waals surface area contributed by atoms with Crippen molar-refractivity contribution in [1.82, 2.24) is 5.32 Å². The van der Waals surface area contributed by atoms with E-state index in [-0.39, 0.29) is 28.8 Å². The van der Waals surface area contributed by atoms with Crippen LogP contribution in [0.15, 0.2) is 60.2 Å². The van der Waals surface area contributed by atoms with Gasteiger partial charge in [0, 0.05) is 24.4 Å². The van der Waals surface area contributed by atoms with Crippen LogP contribution in [0, 0.1) is 34.0 Å². The van der Waals surface area contributed by atoms with E-state index >= 15 is 0 Å². The molecule has 1 aromatic carbocycles. The molecule has 4 rings (SSSR count). The third-order valence-electron chi connectivity index (χ3n) is 8.35. The van der Waals surface area contributed by atoms with Gasteiger partial charge >= 0.3 is 5.97 Å². The summed E-state index contributed by atoms with van der Waals surface area (Å²) in [6, 6.07) is 9.78. The van der Waals surface area contributed by atoms with Crippen LogP contribution in [-0.4, -0.2) is 30.3 Å². The van der Waals surface area contributed by atoms with Gasteiger partial charge in [0.2, 0.25) is 0 Å². The van der Waals surface area contributed by atoms with E-state index in [1.807, 2.05) is 36.4 Å². The molecule has 33 heavy (non-hydrogen) atoms. The number of cyclic esters (lactones) is 1. The van der Waals surface area contributed by atoms with Crippen LogP contribution in [-0.2, 0) is 16.1 Å². The van der Waals surface area contributed by atoms with Crippen molar-refractivity contribution in [2.45, 2.75) is 52.2 Å². The van der Waals surface area contributed by atoms with Crippen LogP contribution in [0.4, 0.5) is 0 Å². The minimum atomic E-state index is -0.368. The second-order valence-corrected chi connectivity index (χ2v) is 10.3. The average molecular weight is 447 g/mol. The fourth-order valence-corrected chi connectivity index (χ4v) is 6.40. The van der Waals surface area contributed by atoms with Crippen molar-refractivity contribution in [3.05, 3.63) is 71.3 Å². The van der Waals surface area contributed by atoms with E-state index in [0.29, 0.717) is 30.2 Å². The maximum absolute atomic E-state index is 11.9. The highest BCUT2D eigenvalue weighted by Gasteiger charge is 2.57. The lowest BCUT2D eigenvalue weighted by Crippen LogP contribution is -2.58. The van der Waals surface area contributed by atoms with E-state index < -0.39 is 0 Å². The number of aliphatic hydroxyl groups is 1. The Balaban J connectivity index is 1.51. The van der Waals surface area contributed by atoms with Crippen LogP contribution in [0.25, 0.3) is 0 Å². The average Bonchev–Trinajstić information content (AvgIpc) is 3.21. The lowest BCUT2D eigenvalue weighted by atomic mass is 9.46. The van der Waals surface area contributed by atoms with Crippen LogP contribution in [0.5, 0.6) is 0 Å². The number of allylic oxidation sites excluding steroid dienone is 2. The predicted molar refractivity (Wildman–Crippen MR) is 128 cm³/mol. The van der Waals surface area contributed by atoms with Crippen LogP contribution in [0.2, 0.25) is 0 Å². The Bertz CT molecular complexity index is 1020. The number of carbonyl (C=O) groups is 1.